The van der Waals surface area contributed by atoms with Gasteiger partial charge in [0.1, 0.15) is 0 Å². The van der Waals surface area contributed by atoms with Gasteiger partial charge in [-0.05, 0) is 27.1 Å². The molecule has 0 heterocycles. The van der Waals surface area contributed by atoms with E-state index < -0.39 is 0 Å². The van der Waals surface area contributed by atoms with Crippen LogP contribution in [0.1, 0.15) is 6.42 Å². The summed E-state index contributed by atoms with van der Waals surface area (Å²) in [6.45, 7) is 1.27. The van der Waals surface area contributed by atoms with Crippen molar-refractivity contribution in [2.75, 3.05) is 20.6 Å². The molecule has 0 spiro atoms. The summed E-state index contributed by atoms with van der Waals surface area (Å²) >= 11 is 0. The summed E-state index contributed by atoms with van der Waals surface area (Å²) in [5.74, 6) is 0. The molecular weight excluding hydrogens is 102 g/mol. The van der Waals surface area contributed by atoms with Crippen molar-refractivity contribution < 1.29 is 0 Å². The van der Waals surface area contributed by atoms with Gasteiger partial charge < -0.3 is 4.90 Å². The van der Waals surface area contributed by atoms with E-state index in [-0.39, 0.29) is 0 Å². The summed E-state index contributed by atoms with van der Waals surface area (Å²) in [6.07, 6.45) is 1.39. The van der Waals surface area contributed by atoms with Gasteiger partial charge in [-0.15, -0.1) is 0 Å². The maximum atomic E-state index is 2.23. The molecule has 2 heteroatoms. The van der Waals surface area contributed by atoms with Crippen LogP contribution in [0.3, 0.4) is 0 Å². The third kappa shape index (κ3) is 6.18. The van der Waals surface area contributed by atoms with Crippen LogP contribution < -0.4 is 0 Å². The monoisotopic (exact) mass is 117 g/mol. The van der Waals surface area contributed by atoms with Crippen molar-refractivity contribution in [2.24, 2.45) is 0 Å². The Hall–Kier alpha value is 0.177. The summed E-state index contributed by atoms with van der Waals surface area (Å²) in [7, 11) is 5.61. The molecule has 0 radical (unpaired) electrons. The van der Waals surface area contributed by atoms with Gasteiger partial charge in [0.05, 0.1) is 0 Å². The minimum atomic E-state index is 1.27. The van der Waals surface area contributed by atoms with Gasteiger partial charge in [-0.1, -0.05) is 6.04 Å². The molecule has 0 saturated heterocycles. The highest BCUT2D eigenvalue weighted by molar-refractivity contribution is 6.08. The van der Waals surface area contributed by atoms with Crippen molar-refractivity contribution in [2.45, 2.75) is 12.5 Å². The van der Waals surface area contributed by atoms with Gasteiger partial charge >= 0.3 is 0 Å². The molecule has 0 rings (SSSR count). The summed E-state index contributed by atoms with van der Waals surface area (Å²) in [4.78, 5) is 2.23. The Balaban J connectivity index is 2.68. The van der Waals surface area contributed by atoms with Gasteiger partial charge in [0.25, 0.3) is 0 Å². The number of nitrogens with zero attached hydrogens (tertiary/aromatic N) is 1. The van der Waals surface area contributed by atoms with Crippen LogP contribution in [0.2, 0.25) is 6.04 Å². The third-order valence-corrected chi connectivity index (χ3v) is 1.67. The Labute approximate surface area is 49.1 Å². The average Bonchev–Trinajstić information content (AvgIpc) is 1.61. The first kappa shape index (κ1) is 7.18. The predicted octanol–water partition coefficient (Wildman–Crippen LogP) is -0.278. The van der Waals surface area contributed by atoms with Crippen LogP contribution in [0.5, 0.6) is 0 Å². The van der Waals surface area contributed by atoms with Crippen LogP contribution in [-0.2, 0) is 0 Å². The second-order valence-electron chi connectivity index (χ2n) is 2.16. The zero-order chi connectivity index (χ0) is 5.70. The molecule has 0 saturated carbocycles. The molecule has 0 atom stereocenters. The van der Waals surface area contributed by atoms with Crippen LogP contribution in [0, 0.1) is 0 Å². The van der Waals surface area contributed by atoms with Crippen molar-refractivity contribution in [3.63, 3.8) is 0 Å². The van der Waals surface area contributed by atoms with E-state index in [1.807, 2.05) is 0 Å². The fourth-order valence-electron chi connectivity index (χ4n) is 0.474. The van der Waals surface area contributed by atoms with Crippen molar-refractivity contribution >= 4 is 10.2 Å². The summed E-state index contributed by atoms with van der Waals surface area (Å²) in [6, 6.07) is 1.44. The first-order valence-corrected chi connectivity index (χ1v) is 4.33. The largest absolute Gasteiger partial charge is 0.309 e. The molecule has 0 aromatic heterocycles. The molecule has 44 valence electrons. The van der Waals surface area contributed by atoms with Gasteiger partial charge in [0, 0.05) is 10.2 Å². The number of hydrogen-bond acceptors (Lipinski definition) is 1. The fourth-order valence-corrected chi connectivity index (χ4v) is 0.791. The lowest BCUT2D eigenvalue weighted by atomic mass is 10.5. The molecule has 1 nitrogen and oxygen atoms in total. The molecular formula is C5H15NSi. The zero-order valence-corrected chi connectivity index (χ0v) is 7.57. The molecule has 0 bridgehead atoms. The molecule has 0 unspecified atom stereocenters. The molecule has 0 aliphatic rings. The minimum absolute atomic E-state index is 1.27. The van der Waals surface area contributed by atoms with Gasteiger partial charge in [0.15, 0.2) is 0 Å². The molecule has 0 aromatic rings. The smallest absolute Gasteiger partial charge is 0.00286 e. The number of hydrogen-bond donors (Lipinski definition) is 0. The van der Waals surface area contributed by atoms with Crippen LogP contribution in [0.4, 0.5) is 0 Å². The molecule has 0 N–H and O–H groups in total. The van der Waals surface area contributed by atoms with Crippen LogP contribution >= 0.6 is 0 Å². The standard InChI is InChI=1S/C5H15NSi/c1-6(2)4-3-5-7/h3-5H2,1-2,7H3. The van der Waals surface area contributed by atoms with Crippen molar-refractivity contribution in [3.8, 4) is 0 Å². The Morgan fingerprint density at radius 1 is 1.43 bits per heavy atom. The van der Waals surface area contributed by atoms with E-state index >= 15 is 0 Å². The number of rotatable bonds is 3. The molecule has 0 fully saturated rings. The Bertz CT molecular complexity index is 37.1. The van der Waals surface area contributed by atoms with Crippen molar-refractivity contribution in [1.82, 2.24) is 4.90 Å². The van der Waals surface area contributed by atoms with Crippen molar-refractivity contribution in [1.29, 1.82) is 0 Å². The average molecular weight is 117 g/mol. The topological polar surface area (TPSA) is 3.24 Å². The molecule has 0 amide bonds. The maximum Gasteiger partial charge on any atom is 0.00286 e. The molecule has 0 aliphatic heterocycles. The highest BCUT2D eigenvalue weighted by Crippen LogP contribution is 1.84. The highest BCUT2D eigenvalue weighted by atomic mass is 28.1. The first-order chi connectivity index (χ1) is 3.27. The second-order valence-corrected chi connectivity index (χ2v) is 3.16. The van der Waals surface area contributed by atoms with E-state index in [2.05, 4.69) is 19.0 Å². The SMILES string of the molecule is CN(C)CCC[SiH3]. The molecule has 7 heavy (non-hydrogen) atoms. The zero-order valence-electron chi connectivity index (χ0n) is 5.57. The lowest BCUT2D eigenvalue weighted by Gasteiger charge is -2.05. The van der Waals surface area contributed by atoms with Crippen molar-refractivity contribution in [3.05, 3.63) is 0 Å². The van der Waals surface area contributed by atoms with E-state index in [9.17, 15) is 0 Å². The fraction of sp³-hybridized carbons (Fsp3) is 1.00. The Kier molecular flexibility index (Phi) is 4.45. The van der Waals surface area contributed by atoms with E-state index in [0.29, 0.717) is 0 Å². The Morgan fingerprint density at radius 3 is 2.14 bits per heavy atom. The summed E-state index contributed by atoms with van der Waals surface area (Å²) in [5.41, 5.74) is 0. The normalized spacial score (nSPS) is 10.7. The van der Waals surface area contributed by atoms with E-state index in [0.717, 1.165) is 0 Å². The molecule has 0 aromatic carbocycles. The quantitative estimate of drug-likeness (QED) is 0.460. The minimum Gasteiger partial charge on any atom is -0.309 e. The Morgan fingerprint density at radius 2 is 2.00 bits per heavy atom. The lowest BCUT2D eigenvalue weighted by molar-refractivity contribution is 0.408. The van der Waals surface area contributed by atoms with Crippen LogP contribution in [0.25, 0.3) is 0 Å². The van der Waals surface area contributed by atoms with Gasteiger partial charge in [-0.2, -0.15) is 0 Å². The summed E-state index contributed by atoms with van der Waals surface area (Å²) in [5, 5.41) is 0. The first-order valence-electron chi connectivity index (χ1n) is 2.92. The van der Waals surface area contributed by atoms with Gasteiger partial charge in [-0.3, -0.25) is 0 Å². The van der Waals surface area contributed by atoms with Gasteiger partial charge in [0.2, 0.25) is 0 Å². The highest BCUT2D eigenvalue weighted by Gasteiger charge is 1.83. The van der Waals surface area contributed by atoms with Gasteiger partial charge in [-0.25, -0.2) is 0 Å². The van der Waals surface area contributed by atoms with E-state index in [1.165, 1.54) is 29.3 Å². The van der Waals surface area contributed by atoms with E-state index in [4.69, 9.17) is 0 Å². The third-order valence-electron chi connectivity index (χ3n) is 0.959. The molecule has 0 aliphatic carbocycles. The predicted molar refractivity (Wildman–Crippen MR) is 37.9 cm³/mol. The summed E-state index contributed by atoms with van der Waals surface area (Å²) < 4.78 is 0. The second kappa shape index (κ2) is 4.34. The van der Waals surface area contributed by atoms with Crippen LogP contribution in [-0.4, -0.2) is 35.8 Å². The lowest BCUT2D eigenvalue weighted by Crippen LogP contribution is -2.12. The van der Waals surface area contributed by atoms with E-state index in [1.54, 1.807) is 0 Å². The van der Waals surface area contributed by atoms with Crippen LogP contribution in [0.15, 0.2) is 0 Å². The maximum absolute atomic E-state index is 2.23.